The molecule has 1 aliphatic carbocycles. The molecule has 0 bridgehead atoms. The largest absolute Gasteiger partial charge is 0.349 e. The number of benzene rings is 2. The van der Waals surface area contributed by atoms with E-state index in [1.165, 1.54) is 6.42 Å². The average Bonchev–Trinajstić information content (AvgIpc) is 2.75. The smallest absolute Gasteiger partial charge is 0.274 e. The van der Waals surface area contributed by atoms with Gasteiger partial charge in [-0.1, -0.05) is 55.1 Å². The van der Waals surface area contributed by atoms with Gasteiger partial charge in [0, 0.05) is 23.3 Å². The zero-order chi connectivity index (χ0) is 20.2. The number of carbonyl (C=O) groups is 2. The molecule has 2 aromatic carbocycles. The van der Waals surface area contributed by atoms with E-state index in [9.17, 15) is 9.59 Å². The summed E-state index contributed by atoms with van der Waals surface area (Å²) in [6.45, 7) is 0. The van der Waals surface area contributed by atoms with E-state index in [4.69, 9.17) is 11.6 Å². The van der Waals surface area contributed by atoms with E-state index in [0.717, 1.165) is 36.5 Å². The van der Waals surface area contributed by atoms with Crippen LogP contribution < -0.4 is 10.6 Å². The van der Waals surface area contributed by atoms with E-state index in [1.54, 1.807) is 24.4 Å². The van der Waals surface area contributed by atoms with Crippen LogP contribution in [0, 0.1) is 0 Å². The number of fused-ring (bicyclic) bond motifs is 1. The summed E-state index contributed by atoms with van der Waals surface area (Å²) >= 11 is 6.25. The van der Waals surface area contributed by atoms with Gasteiger partial charge in [-0.2, -0.15) is 0 Å². The summed E-state index contributed by atoms with van der Waals surface area (Å²) in [4.78, 5) is 29.7. The molecule has 1 fully saturated rings. The molecule has 6 heteroatoms. The van der Waals surface area contributed by atoms with Gasteiger partial charge in [0.15, 0.2) is 0 Å². The molecule has 3 aromatic rings. The van der Waals surface area contributed by atoms with Gasteiger partial charge in [0.25, 0.3) is 11.8 Å². The zero-order valence-electron chi connectivity index (χ0n) is 16.0. The van der Waals surface area contributed by atoms with Crippen molar-refractivity contribution in [1.29, 1.82) is 0 Å². The van der Waals surface area contributed by atoms with E-state index in [0.29, 0.717) is 22.0 Å². The summed E-state index contributed by atoms with van der Waals surface area (Å²) in [6, 6.07) is 14.6. The Labute approximate surface area is 174 Å². The van der Waals surface area contributed by atoms with E-state index in [1.807, 2.05) is 30.3 Å². The number of amides is 2. The van der Waals surface area contributed by atoms with Gasteiger partial charge in [-0.3, -0.25) is 14.6 Å². The fraction of sp³-hybridized carbons (Fsp3) is 0.261. The van der Waals surface area contributed by atoms with Crippen LogP contribution in [0.5, 0.6) is 0 Å². The number of carbonyl (C=O) groups excluding carboxylic acids is 2. The van der Waals surface area contributed by atoms with Crippen molar-refractivity contribution >= 4 is 39.9 Å². The number of rotatable bonds is 4. The molecule has 2 N–H and O–H groups in total. The standard InChI is InChI=1S/C23H22ClN3O2/c24-20-11-10-17(14-19(20)22(28)26-16-7-2-1-3-8-16)27-23(29)21-18-9-5-4-6-15(18)12-13-25-21/h4-6,9-14,16H,1-3,7-8H2,(H,26,28)(H,27,29). The second-order valence-corrected chi connectivity index (χ2v) is 7.75. The van der Waals surface area contributed by atoms with Crippen LogP contribution in [0.15, 0.2) is 54.7 Å². The summed E-state index contributed by atoms with van der Waals surface area (Å²) in [6.07, 6.45) is 7.08. The Hall–Kier alpha value is -2.92. The van der Waals surface area contributed by atoms with Crippen molar-refractivity contribution in [2.45, 2.75) is 38.1 Å². The van der Waals surface area contributed by atoms with Gasteiger partial charge in [0.1, 0.15) is 5.69 Å². The monoisotopic (exact) mass is 407 g/mol. The van der Waals surface area contributed by atoms with Crippen LogP contribution >= 0.6 is 11.6 Å². The number of halogens is 1. The molecule has 1 aliphatic rings. The molecular formula is C23H22ClN3O2. The highest BCUT2D eigenvalue weighted by molar-refractivity contribution is 6.34. The molecule has 0 radical (unpaired) electrons. The Morgan fingerprint density at radius 1 is 0.966 bits per heavy atom. The first kappa shape index (κ1) is 19.4. The summed E-state index contributed by atoms with van der Waals surface area (Å²) in [5.74, 6) is -0.538. The van der Waals surface area contributed by atoms with Crippen molar-refractivity contribution in [1.82, 2.24) is 10.3 Å². The van der Waals surface area contributed by atoms with Gasteiger partial charge in [0.2, 0.25) is 0 Å². The van der Waals surface area contributed by atoms with Crippen LogP contribution in [-0.2, 0) is 0 Å². The number of hydrogen-bond acceptors (Lipinski definition) is 3. The second kappa shape index (κ2) is 8.62. The van der Waals surface area contributed by atoms with Crippen molar-refractivity contribution in [2.24, 2.45) is 0 Å². The average molecular weight is 408 g/mol. The minimum Gasteiger partial charge on any atom is -0.349 e. The van der Waals surface area contributed by atoms with Crippen LogP contribution in [0.1, 0.15) is 53.0 Å². The van der Waals surface area contributed by atoms with E-state index >= 15 is 0 Å². The molecule has 0 atom stereocenters. The zero-order valence-corrected chi connectivity index (χ0v) is 16.7. The first-order valence-electron chi connectivity index (χ1n) is 9.87. The lowest BCUT2D eigenvalue weighted by molar-refractivity contribution is 0.0926. The normalized spacial score (nSPS) is 14.5. The predicted molar refractivity (Wildman–Crippen MR) is 115 cm³/mol. The molecule has 0 unspecified atom stereocenters. The maximum absolute atomic E-state index is 12.8. The second-order valence-electron chi connectivity index (χ2n) is 7.34. The molecule has 2 amide bonds. The summed E-state index contributed by atoms with van der Waals surface area (Å²) in [5.41, 5.74) is 1.20. The van der Waals surface area contributed by atoms with Crippen LogP contribution in [0.2, 0.25) is 5.02 Å². The Balaban J connectivity index is 1.54. The lowest BCUT2D eigenvalue weighted by Crippen LogP contribution is -2.36. The summed E-state index contributed by atoms with van der Waals surface area (Å²) in [7, 11) is 0. The minimum absolute atomic E-state index is 0.186. The topological polar surface area (TPSA) is 71.1 Å². The summed E-state index contributed by atoms with van der Waals surface area (Å²) in [5, 5.41) is 7.98. The van der Waals surface area contributed by atoms with Crippen molar-refractivity contribution in [3.8, 4) is 0 Å². The first-order chi connectivity index (χ1) is 14.1. The third-order valence-electron chi connectivity index (χ3n) is 5.30. The molecular weight excluding hydrogens is 386 g/mol. The fourth-order valence-corrected chi connectivity index (χ4v) is 3.98. The highest BCUT2D eigenvalue weighted by Gasteiger charge is 2.19. The Bertz CT molecular complexity index is 1060. The lowest BCUT2D eigenvalue weighted by Gasteiger charge is -2.23. The molecule has 0 aliphatic heterocycles. The number of hydrogen-bond donors (Lipinski definition) is 2. The van der Waals surface area contributed by atoms with Crippen molar-refractivity contribution in [3.05, 3.63) is 71.0 Å². The van der Waals surface area contributed by atoms with Crippen molar-refractivity contribution in [3.63, 3.8) is 0 Å². The van der Waals surface area contributed by atoms with Gasteiger partial charge in [0.05, 0.1) is 10.6 Å². The van der Waals surface area contributed by atoms with Gasteiger partial charge in [-0.05, 0) is 42.5 Å². The van der Waals surface area contributed by atoms with Gasteiger partial charge in [-0.15, -0.1) is 0 Å². The molecule has 1 saturated carbocycles. The van der Waals surface area contributed by atoms with Gasteiger partial charge < -0.3 is 10.6 Å². The van der Waals surface area contributed by atoms with Crippen molar-refractivity contribution < 1.29 is 9.59 Å². The van der Waals surface area contributed by atoms with E-state index in [-0.39, 0.29) is 17.9 Å². The van der Waals surface area contributed by atoms with E-state index in [2.05, 4.69) is 15.6 Å². The minimum atomic E-state index is -0.331. The van der Waals surface area contributed by atoms with Crippen LogP contribution in [-0.4, -0.2) is 22.8 Å². The van der Waals surface area contributed by atoms with Gasteiger partial charge >= 0.3 is 0 Å². The van der Waals surface area contributed by atoms with Crippen LogP contribution in [0.4, 0.5) is 5.69 Å². The number of pyridine rings is 1. The SMILES string of the molecule is O=C(NC1CCCCC1)c1cc(NC(=O)c2nccc3ccccc23)ccc1Cl. The number of nitrogens with zero attached hydrogens (tertiary/aromatic N) is 1. The third kappa shape index (κ3) is 4.40. The molecule has 4 rings (SSSR count). The quantitative estimate of drug-likeness (QED) is 0.624. The lowest BCUT2D eigenvalue weighted by atomic mass is 9.95. The molecule has 0 saturated heterocycles. The first-order valence-corrected chi connectivity index (χ1v) is 10.2. The number of aromatic nitrogens is 1. The Kier molecular flexibility index (Phi) is 5.76. The number of anilines is 1. The molecule has 0 spiro atoms. The highest BCUT2D eigenvalue weighted by Crippen LogP contribution is 2.24. The molecule has 1 aromatic heterocycles. The van der Waals surface area contributed by atoms with Crippen LogP contribution in [0.3, 0.4) is 0 Å². The Morgan fingerprint density at radius 2 is 1.76 bits per heavy atom. The van der Waals surface area contributed by atoms with E-state index < -0.39 is 0 Å². The highest BCUT2D eigenvalue weighted by atomic mass is 35.5. The maximum atomic E-state index is 12.8. The molecule has 148 valence electrons. The fourth-order valence-electron chi connectivity index (χ4n) is 3.78. The third-order valence-corrected chi connectivity index (χ3v) is 5.63. The summed E-state index contributed by atoms with van der Waals surface area (Å²) < 4.78 is 0. The Morgan fingerprint density at radius 3 is 2.59 bits per heavy atom. The molecule has 1 heterocycles. The van der Waals surface area contributed by atoms with Gasteiger partial charge in [-0.25, -0.2) is 0 Å². The maximum Gasteiger partial charge on any atom is 0.274 e. The van der Waals surface area contributed by atoms with Crippen LogP contribution in [0.25, 0.3) is 10.8 Å². The molecule has 29 heavy (non-hydrogen) atoms. The predicted octanol–water partition coefficient (Wildman–Crippen LogP) is 5.20. The van der Waals surface area contributed by atoms with Crippen molar-refractivity contribution in [2.75, 3.05) is 5.32 Å². The number of nitrogens with one attached hydrogen (secondary N) is 2. The molecule has 5 nitrogen and oxygen atoms in total.